The minimum atomic E-state index is -0.498. The Bertz CT molecular complexity index is 808. The van der Waals surface area contributed by atoms with Gasteiger partial charge in [0.25, 0.3) is 0 Å². The quantitative estimate of drug-likeness (QED) is 0.618. The molecule has 3 aliphatic rings. The molecule has 168 valence electrons. The first-order valence-electron chi connectivity index (χ1n) is 10.9. The molecule has 0 radical (unpaired) electrons. The second kappa shape index (κ2) is 9.65. The van der Waals surface area contributed by atoms with Crippen LogP contribution in [0.25, 0.3) is 0 Å². The van der Waals surface area contributed by atoms with E-state index in [1.807, 2.05) is 0 Å². The Morgan fingerprint density at radius 2 is 1.65 bits per heavy atom. The summed E-state index contributed by atoms with van der Waals surface area (Å²) in [6.45, 7) is 2.00. The number of rotatable bonds is 5. The third-order valence-corrected chi connectivity index (χ3v) is 6.06. The molecule has 0 unspecified atom stereocenters. The van der Waals surface area contributed by atoms with E-state index in [0.29, 0.717) is 11.3 Å². The van der Waals surface area contributed by atoms with E-state index in [9.17, 15) is 14.4 Å². The van der Waals surface area contributed by atoms with Gasteiger partial charge in [-0.25, -0.2) is 9.59 Å². The van der Waals surface area contributed by atoms with Crippen molar-refractivity contribution >= 4 is 23.6 Å². The Morgan fingerprint density at radius 1 is 0.935 bits per heavy atom. The lowest BCUT2D eigenvalue weighted by molar-refractivity contribution is 0.00271. The molecule has 0 bridgehead atoms. The summed E-state index contributed by atoms with van der Waals surface area (Å²) in [5, 5.41) is 8.52. The van der Waals surface area contributed by atoms with Crippen LogP contribution < -0.4 is 16.0 Å². The van der Waals surface area contributed by atoms with Crippen molar-refractivity contribution in [3.63, 3.8) is 0 Å². The summed E-state index contributed by atoms with van der Waals surface area (Å²) in [5.41, 5.74) is 1.15. The van der Waals surface area contributed by atoms with E-state index in [1.165, 1.54) is 13.3 Å². The van der Waals surface area contributed by atoms with Gasteiger partial charge in [-0.1, -0.05) is 19.3 Å². The Morgan fingerprint density at radius 3 is 2.35 bits per heavy atom. The number of fused-ring (bicyclic) bond motifs is 1. The van der Waals surface area contributed by atoms with Crippen molar-refractivity contribution in [3.8, 4) is 0 Å². The van der Waals surface area contributed by atoms with Crippen molar-refractivity contribution in [3.05, 3.63) is 29.8 Å². The van der Waals surface area contributed by atoms with E-state index < -0.39 is 24.3 Å². The van der Waals surface area contributed by atoms with Gasteiger partial charge in [0.15, 0.2) is 11.9 Å². The number of urea groups is 1. The van der Waals surface area contributed by atoms with Gasteiger partial charge in [0.2, 0.25) is 0 Å². The number of carbonyl (C=O) groups is 3. The van der Waals surface area contributed by atoms with Crippen LogP contribution in [0.15, 0.2) is 24.3 Å². The molecule has 9 heteroatoms. The molecule has 0 aromatic heterocycles. The molecular weight excluding hydrogens is 402 g/mol. The van der Waals surface area contributed by atoms with Gasteiger partial charge in [0, 0.05) is 17.3 Å². The minimum absolute atomic E-state index is 0.0345. The zero-order chi connectivity index (χ0) is 21.8. The molecule has 1 aliphatic carbocycles. The Labute approximate surface area is 181 Å². The van der Waals surface area contributed by atoms with Crippen LogP contribution in [-0.2, 0) is 14.2 Å². The fraction of sp³-hybridized carbons (Fsp3) is 0.591. The Balaban J connectivity index is 1.24. The molecule has 3 N–H and O–H groups in total. The zero-order valence-corrected chi connectivity index (χ0v) is 17.6. The first-order valence-corrected chi connectivity index (χ1v) is 10.9. The van der Waals surface area contributed by atoms with Gasteiger partial charge in [0.1, 0.15) is 12.2 Å². The standard InChI is InChI=1S/C22H29N3O6/c1-13(26)14-7-9-16(10-8-14)23-21(27)25-17-11-29-20-18(12-30-19(17)20)31-22(28)24-15-5-3-2-4-6-15/h7-10,15,17-20H,2-6,11-12H2,1H3,(H,24,28)(H2,23,25,27)/t17-,18+,19+,20+/m0/s1. The fourth-order valence-electron chi connectivity index (χ4n) is 4.40. The Kier molecular flexibility index (Phi) is 6.72. The van der Waals surface area contributed by atoms with Gasteiger partial charge in [-0.2, -0.15) is 0 Å². The summed E-state index contributed by atoms with van der Waals surface area (Å²) in [6, 6.07) is 6.09. The average molecular weight is 431 g/mol. The molecule has 4 rings (SSSR count). The molecule has 1 aromatic carbocycles. The third-order valence-electron chi connectivity index (χ3n) is 6.06. The molecule has 4 atom stereocenters. The summed E-state index contributed by atoms with van der Waals surface area (Å²) in [7, 11) is 0. The molecule has 3 amide bonds. The van der Waals surface area contributed by atoms with Crippen molar-refractivity contribution in [2.24, 2.45) is 0 Å². The number of ether oxygens (including phenoxy) is 3. The van der Waals surface area contributed by atoms with Gasteiger partial charge in [-0.3, -0.25) is 4.79 Å². The SMILES string of the molecule is CC(=O)c1ccc(NC(=O)N[C@H]2CO[C@H]3[C@@H]2OC[C@H]3OC(=O)NC2CCCCC2)cc1. The molecule has 2 heterocycles. The maximum atomic E-state index is 12.4. The number of alkyl carbamates (subject to hydrolysis) is 1. The molecule has 1 aromatic rings. The molecular formula is C22H29N3O6. The number of carbonyl (C=O) groups excluding carboxylic acids is 3. The highest BCUT2D eigenvalue weighted by Crippen LogP contribution is 2.29. The summed E-state index contributed by atoms with van der Waals surface area (Å²) in [4.78, 5) is 35.9. The van der Waals surface area contributed by atoms with E-state index >= 15 is 0 Å². The number of anilines is 1. The van der Waals surface area contributed by atoms with E-state index in [1.54, 1.807) is 24.3 Å². The summed E-state index contributed by atoms with van der Waals surface area (Å²) in [6.07, 6.45) is 3.72. The second-order valence-corrected chi connectivity index (χ2v) is 8.36. The molecule has 9 nitrogen and oxygen atoms in total. The minimum Gasteiger partial charge on any atom is -0.441 e. The maximum Gasteiger partial charge on any atom is 0.407 e. The number of ketones is 1. The van der Waals surface area contributed by atoms with Gasteiger partial charge >= 0.3 is 12.1 Å². The topological polar surface area (TPSA) is 115 Å². The lowest BCUT2D eigenvalue weighted by Gasteiger charge is -2.24. The van der Waals surface area contributed by atoms with Crippen LogP contribution in [0.5, 0.6) is 0 Å². The van der Waals surface area contributed by atoms with Crippen LogP contribution in [0.1, 0.15) is 49.4 Å². The molecule has 31 heavy (non-hydrogen) atoms. The second-order valence-electron chi connectivity index (χ2n) is 8.36. The van der Waals surface area contributed by atoms with Crippen molar-refractivity contribution in [1.29, 1.82) is 0 Å². The molecule has 2 aliphatic heterocycles. The zero-order valence-electron chi connectivity index (χ0n) is 17.6. The van der Waals surface area contributed by atoms with Crippen molar-refractivity contribution in [1.82, 2.24) is 10.6 Å². The van der Waals surface area contributed by atoms with Crippen LogP contribution in [-0.4, -0.2) is 61.5 Å². The van der Waals surface area contributed by atoms with Crippen molar-refractivity contribution in [2.75, 3.05) is 18.5 Å². The predicted molar refractivity (Wildman–Crippen MR) is 112 cm³/mol. The monoisotopic (exact) mass is 431 g/mol. The van der Waals surface area contributed by atoms with Gasteiger partial charge < -0.3 is 30.2 Å². The van der Waals surface area contributed by atoms with Crippen LogP contribution in [0.2, 0.25) is 0 Å². The maximum absolute atomic E-state index is 12.4. The number of hydrogen-bond acceptors (Lipinski definition) is 6. The summed E-state index contributed by atoms with van der Waals surface area (Å²) < 4.78 is 17.1. The molecule has 0 spiro atoms. The highest BCUT2D eigenvalue weighted by molar-refractivity contribution is 5.95. The summed E-state index contributed by atoms with van der Waals surface area (Å²) >= 11 is 0. The average Bonchev–Trinajstić information content (AvgIpc) is 3.32. The highest BCUT2D eigenvalue weighted by atomic mass is 16.6. The lowest BCUT2D eigenvalue weighted by atomic mass is 9.96. The first kappa shape index (κ1) is 21.6. The van der Waals surface area contributed by atoms with Gasteiger partial charge in [-0.05, 0) is 44.0 Å². The van der Waals surface area contributed by atoms with Crippen LogP contribution in [0.3, 0.4) is 0 Å². The molecule has 3 fully saturated rings. The van der Waals surface area contributed by atoms with Crippen molar-refractivity contribution < 1.29 is 28.6 Å². The van der Waals surface area contributed by atoms with Crippen LogP contribution in [0.4, 0.5) is 15.3 Å². The van der Waals surface area contributed by atoms with Crippen LogP contribution >= 0.6 is 0 Å². The number of Topliss-reactive ketones (excluding diaryl/α,β-unsaturated/α-hetero) is 1. The fourth-order valence-corrected chi connectivity index (χ4v) is 4.40. The lowest BCUT2D eigenvalue weighted by Crippen LogP contribution is -2.46. The highest BCUT2D eigenvalue weighted by Gasteiger charge is 2.50. The largest absolute Gasteiger partial charge is 0.441 e. The predicted octanol–water partition coefficient (Wildman–Crippen LogP) is 2.60. The van der Waals surface area contributed by atoms with Gasteiger partial charge in [0.05, 0.1) is 19.3 Å². The van der Waals surface area contributed by atoms with E-state index in [4.69, 9.17) is 14.2 Å². The number of nitrogens with one attached hydrogen (secondary N) is 3. The first-order chi connectivity index (χ1) is 15.0. The van der Waals surface area contributed by atoms with E-state index in [-0.39, 0.29) is 37.2 Å². The van der Waals surface area contributed by atoms with E-state index in [0.717, 1.165) is 25.7 Å². The van der Waals surface area contributed by atoms with Crippen molar-refractivity contribution in [2.45, 2.75) is 69.4 Å². The van der Waals surface area contributed by atoms with Gasteiger partial charge in [-0.15, -0.1) is 0 Å². The third kappa shape index (κ3) is 5.34. The molecule has 2 saturated heterocycles. The van der Waals surface area contributed by atoms with Crippen LogP contribution in [0, 0.1) is 0 Å². The number of hydrogen-bond donors (Lipinski definition) is 3. The Hall–Kier alpha value is -2.65. The molecule has 1 saturated carbocycles. The normalized spacial score (nSPS) is 27.9. The number of amides is 3. The van der Waals surface area contributed by atoms with E-state index in [2.05, 4.69) is 16.0 Å². The smallest absolute Gasteiger partial charge is 0.407 e. The summed E-state index contributed by atoms with van der Waals surface area (Å²) in [5.74, 6) is -0.0345. The number of benzene rings is 1.